The summed E-state index contributed by atoms with van der Waals surface area (Å²) in [5.41, 5.74) is 5.93. The Labute approximate surface area is 254 Å². The second-order valence-corrected chi connectivity index (χ2v) is 12.5. The molecule has 3 aromatic rings. The van der Waals surface area contributed by atoms with Crippen LogP contribution in [0, 0.1) is 17.7 Å². The molecule has 2 fully saturated rings. The first kappa shape index (κ1) is 29.6. The molecular weight excluding hydrogens is 543 g/mol. The number of aryl methyl sites for hydroxylation is 1. The van der Waals surface area contributed by atoms with E-state index in [1.165, 1.54) is 44.6 Å². The number of aromatic nitrogens is 1. The second-order valence-electron chi connectivity index (χ2n) is 12.5. The first-order valence-electron chi connectivity index (χ1n) is 15.9. The highest BCUT2D eigenvalue weighted by Crippen LogP contribution is 2.46. The summed E-state index contributed by atoms with van der Waals surface area (Å²) < 4.78 is 32.3. The number of rotatable bonds is 9. The number of piperidine rings is 1. The number of fused-ring (bicyclic) bond motifs is 1. The summed E-state index contributed by atoms with van der Waals surface area (Å²) in [6.07, 6.45) is 10.1. The predicted octanol–water partition coefficient (Wildman–Crippen LogP) is 7.64. The number of halogens is 1. The molecule has 0 radical (unpaired) electrons. The molecule has 0 bridgehead atoms. The minimum Gasteiger partial charge on any atom is -0.485 e. The molecule has 6 rings (SSSR count). The van der Waals surface area contributed by atoms with E-state index >= 15 is 4.39 Å². The van der Waals surface area contributed by atoms with E-state index < -0.39 is 0 Å². The summed E-state index contributed by atoms with van der Waals surface area (Å²) in [7, 11) is 3.03. The van der Waals surface area contributed by atoms with Gasteiger partial charge in [-0.25, -0.2) is 9.37 Å². The van der Waals surface area contributed by atoms with E-state index in [9.17, 15) is 4.79 Å². The summed E-state index contributed by atoms with van der Waals surface area (Å²) >= 11 is 0. The zero-order chi connectivity index (χ0) is 29.9. The van der Waals surface area contributed by atoms with Gasteiger partial charge in [0.05, 0.1) is 26.3 Å². The average Bonchev–Trinajstić information content (AvgIpc) is 3.02. The van der Waals surface area contributed by atoms with Crippen molar-refractivity contribution in [1.29, 1.82) is 0 Å². The van der Waals surface area contributed by atoms with E-state index in [2.05, 4.69) is 40.2 Å². The van der Waals surface area contributed by atoms with E-state index in [0.717, 1.165) is 73.3 Å². The molecule has 3 heterocycles. The number of benzene rings is 2. The maximum absolute atomic E-state index is 15.1. The molecule has 6 nitrogen and oxygen atoms in total. The van der Waals surface area contributed by atoms with Crippen LogP contribution in [0.1, 0.15) is 86.1 Å². The van der Waals surface area contributed by atoms with Crippen LogP contribution in [-0.2, 0) is 22.5 Å². The summed E-state index contributed by atoms with van der Waals surface area (Å²) in [6, 6.07) is 14.6. The van der Waals surface area contributed by atoms with Crippen LogP contribution in [0.3, 0.4) is 0 Å². The standard InChI is InChI=1S/C36H43FN2O4/c1-23(36(40)42-3)35(25-8-7-9-25)27-11-10-24-13-15-32(43-33(24)19-27)26-12-14-29(30-20-34(41-2)38-21-31(30)37)28(18-26)22-39-16-5-4-6-17-39/h10-12,14,18-21,23,25,32,35H,4-9,13,15-17,22H2,1-3H3/t23-,32?,35-/m0/s1. The van der Waals surface area contributed by atoms with Crippen LogP contribution in [0.5, 0.6) is 11.6 Å². The van der Waals surface area contributed by atoms with Crippen molar-refractivity contribution in [1.82, 2.24) is 9.88 Å². The lowest BCUT2D eigenvalue weighted by Gasteiger charge is -2.37. The van der Waals surface area contributed by atoms with Crippen LogP contribution in [0.4, 0.5) is 4.39 Å². The van der Waals surface area contributed by atoms with Crippen LogP contribution in [0.15, 0.2) is 48.7 Å². The van der Waals surface area contributed by atoms with E-state index in [-0.39, 0.29) is 29.7 Å². The van der Waals surface area contributed by atoms with Crippen molar-refractivity contribution in [2.45, 2.75) is 76.9 Å². The molecule has 1 saturated carbocycles. The largest absolute Gasteiger partial charge is 0.485 e. The molecule has 43 heavy (non-hydrogen) atoms. The van der Waals surface area contributed by atoms with Gasteiger partial charge < -0.3 is 14.2 Å². The van der Waals surface area contributed by atoms with E-state index in [4.69, 9.17) is 14.2 Å². The van der Waals surface area contributed by atoms with E-state index in [1.807, 2.05) is 13.0 Å². The monoisotopic (exact) mass is 586 g/mol. The maximum Gasteiger partial charge on any atom is 0.309 e. The number of pyridine rings is 1. The maximum atomic E-state index is 15.1. The molecule has 1 unspecified atom stereocenters. The van der Waals surface area contributed by atoms with Gasteiger partial charge in [0.2, 0.25) is 5.88 Å². The molecule has 1 aliphatic carbocycles. The molecule has 0 amide bonds. The Morgan fingerprint density at radius 1 is 1.02 bits per heavy atom. The predicted molar refractivity (Wildman–Crippen MR) is 165 cm³/mol. The highest BCUT2D eigenvalue weighted by Gasteiger charge is 2.37. The van der Waals surface area contributed by atoms with Gasteiger partial charge in [0.15, 0.2) is 0 Å². The molecule has 0 spiro atoms. The van der Waals surface area contributed by atoms with Gasteiger partial charge >= 0.3 is 5.97 Å². The number of hydrogen-bond donors (Lipinski definition) is 0. The molecular formula is C36H43FN2O4. The van der Waals surface area contributed by atoms with Crippen molar-refractivity contribution >= 4 is 5.97 Å². The van der Waals surface area contributed by atoms with Crippen molar-refractivity contribution in [3.8, 4) is 22.8 Å². The molecule has 0 N–H and O–H groups in total. The topological polar surface area (TPSA) is 60.9 Å². The average molecular weight is 587 g/mol. The van der Waals surface area contributed by atoms with Gasteiger partial charge in [-0.1, -0.05) is 50.1 Å². The fraction of sp³-hybridized carbons (Fsp3) is 0.500. The van der Waals surface area contributed by atoms with Gasteiger partial charge in [-0.15, -0.1) is 0 Å². The Kier molecular flexibility index (Phi) is 8.98. The molecule has 3 aliphatic rings. The molecule has 2 aliphatic heterocycles. The molecule has 7 heteroatoms. The smallest absolute Gasteiger partial charge is 0.309 e. The number of likely N-dealkylation sites (tertiary alicyclic amines) is 1. The van der Waals surface area contributed by atoms with Gasteiger partial charge in [-0.2, -0.15) is 0 Å². The Morgan fingerprint density at radius 3 is 2.56 bits per heavy atom. The fourth-order valence-corrected chi connectivity index (χ4v) is 7.23. The molecule has 2 aromatic carbocycles. The van der Waals surface area contributed by atoms with Crippen LogP contribution in [0.25, 0.3) is 11.1 Å². The second kappa shape index (κ2) is 13.0. The van der Waals surface area contributed by atoms with Crippen LogP contribution in [-0.4, -0.2) is 43.2 Å². The van der Waals surface area contributed by atoms with Crippen LogP contribution in [0.2, 0.25) is 0 Å². The SMILES string of the molecule is COC(=O)[C@@H](C)[C@H](c1ccc2c(c1)OC(c1ccc(-c3cc(OC)ncc3F)c(CN3CCCCC3)c1)CC2)C1CCC1. The summed E-state index contributed by atoms with van der Waals surface area (Å²) in [6.45, 7) is 4.85. The van der Waals surface area contributed by atoms with Crippen molar-refractivity contribution in [3.05, 3.63) is 76.7 Å². The Morgan fingerprint density at radius 2 is 1.84 bits per heavy atom. The summed E-state index contributed by atoms with van der Waals surface area (Å²) in [5, 5.41) is 0. The fourth-order valence-electron chi connectivity index (χ4n) is 7.23. The lowest BCUT2D eigenvalue weighted by Crippen LogP contribution is -2.30. The highest BCUT2D eigenvalue weighted by molar-refractivity contribution is 5.73. The first-order chi connectivity index (χ1) is 20.9. The summed E-state index contributed by atoms with van der Waals surface area (Å²) in [4.78, 5) is 19.1. The Bertz CT molecular complexity index is 1450. The quantitative estimate of drug-likeness (QED) is 0.240. The van der Waals surface area contributed by atoms with Crippen molar-refractivity contribution in [2.24, 2.45) is 11.8 Å². The minimum absolute atomic E-state index is 0.103. The van der Waals surface area contributed by atoms with E-state index in [0.29, 0.717) is 17.4 Å². The third kappa shape index (κ3) is 6.28. The van der Waals surface area contributed by atoms with Gasteiger partial charge in [0, 0.05) is 18.2 Å². The lowest BCUT2D eigenvalue weighted by atomic mass is 9.68. The van der Waals surface area contributed by atoms with Crippen LogP contribution >= 0.6 is 0 Å². The van der Waals surface area contributed by atoms with Gasteiger partial charge in [-0.3, -0.25) is 9.69 Å². The molecule has 3 atom stereocenters. The minimum atomic E-state index is -0.356. The van der Waals surface area contributed by atoms with Crippen LogP contribution < -0.4 is 9.47 Å². The number of carbonyl (C=O) groups excluding carboxylic acids is 1. The third-order valence-corrected chi connectivity index (χ3v) is 9.86. The van der Waals surface area contributed by atoms with Gasteiger partial charge in [0.25, 0.3) is 0 Å². The number of ether oxygens (including phenoxy) is 3. The molecule has 1 aromatic heterocycles. The van der Waals surface area contributed by atoms with Crippen molar-refractivity contribution in [3.63, 3.8) is 0 Å². The third-order valence-electron chi connectivity index (χ3n) is 9.86. The lowest BCUT2D eigenvalue weighted by molar-refractivity contribution is -0.146. The highest BCUT2D eigenvalue weighted by atomic mass is 19.1. The number of carbonyl (C=O) groups is 1. The number of nitrogens with zero attached hydrogens (tertiary/aromatic N) is 2. The van der Waals surface area contributed by atoms with Crippen molar-refractivity contribution in [2.75, 3.05) is 27.3 Å². The van der Waals surface area contributed by atoms with E-state index in [1.54, 1.807) is 13.2 Å². The normalized spacial score (nSPS) is 20.3. The Balaban J connectivity index is 1.31. The molecule has 228 valence electrons. The first-order valence-corrected chi connectivity index (χ1v) is 15.9. The van der Waals surface area contributed by atoms with Gasteiger partial charge in [0.1, 0.15) is 17.7 Å². The number of methoxy groups -OCH3 is 2. The molecule has 1 saturated heterocycles. The summed E-state index contributed by atoms with van der Waals surface area (Å²) in [5.74, 6) is 1.20. The Hall–Kier alpha value is -3.45. The zero-order valence-electron chi connectivity index (χ0n) is 25.6. The van der Waals surface area contributed by atoms with Crippen molar-refractivity contribution < 1.29 is 23.4 Å². The zero-order valence-corrected chi connectivity index (χ0v) is 25.6. The number of esters is 1. The number of hydrogen-bond acceptors (Lipinski definition) is 6. The van der Waals surface area contributed by atoms with Gasteiger partial charge in [-0.05, 0) is 97.3 Å².